The zero-order valence-electron chi connectivity index (χ0n) is 24.6. The zero-order chi connectivity index (χ0) is 29.6. The first-order valence-electron chi connectivity index (χ1n) is 14.7. The average molecular weight is 569 g/mol. The van der Waals surface area contributed by atoms with E-state index in [1.165, 1.54) is 0 Å². The predicted octanol–water partition coefficient (Wildman–Crippen LogP) is 4.37. The number of aromatic nitrogens is 1. The average Bonchev–Trinajstić information content (AvgIpc) is 3.59. The minimum atomic E-state index is -0.842. The standard InChI is InChI=1S/C34H40N4O4/c1-4-25-22-37(2)33-28(25)18-26(19-30(33)38-15-9-14-32(38)40)34(41)36-29(17-23-10-6-5-7-11-23)31(39)21-35-20-24-12-8-13-27(16-24)42-3/h5-8,10-13,16,18-19,22,29,31,35,39H,4,9,14-15,17,20-21H2,1-3H3,(H,36,41)/t29-,31+/m0/s1. The first-order valence-corrected chi connectivity index (χ1v) is 14.7. The summed E-state index contributed by atoms with van der Waals surface area (Å²) in [6.07, 6.45) is 3.83. The van der Waals surface area contributed by atoms with Crippen molar-refractivity contribution in [1.82, 2.24) is 15.2 Å². The van der Waals surface area contributed by atoms with Gasteiger partial charge in [0.1, 0.15) is 5.75 Å². The fourth-order valence-corrected chi connectivity index (χ4v) is 5.82. The highest BCUT2D eigenvalue weighted by Crippen LogP contribution is 2.34. The number of methoxy groups -OCH3 is 1. The number of anilines is 1. The molecule has 2 amide bonds. The molecule has 1 aliphatic heterocycles. The summed E-state index contributed by atoms with van der Waals surface area (Å²) in [4.78, 5) is 28.4. The van der Waals surface area contributed by atoms with E-state index in [4.69, 9.17) is 4.74 Å². The van der Waals surface area contributed by atoms with Crippen molar-refractivity contribution in [2.24, 2.45) is 7.05 Å². The van der Waals surface area contributed by atoms with Gasteiger partial charge in [-0.25, -0.2) is 0 Å². The van der Waals surface area contributed by atoms with Crippen LogP contribution in [0.25, 0.3) is 10.9 Å². The molecule has 1 fully saturated rings. The number of benzene rings is 3. The van der Waals surface area contributed by atoms with Crippen LogP contribution in [0.5, 0.6) is 5.75 Å². The number of aryl methyl sites for hydroxylation is 2. The second-order valence-electron chi connectivity index (χ2n) is 11.0. The summed E-state index contributed by atoms with van der Waals surface area (Å²) in [6.45, 7) is 3.57. The molecule has 0 saturated carbocycles. The van der Waals surface area contributed by atoms with Crippen molar-refractivity contribution in [3.63, 3.8) is 0 Å². The number of nitrogens with zero attached hydrogens (tertiary/aromatic N) is 2. The molecule has 2 atom stereocenters. The maximum Gasteiger partial charge on any atom is 0.251 e. The maximum atomic E-state index is 13.8. The van der Waals surface area contributed by atoms with Gasteiger partial charge in [0.25, 0.3) is 5.91 Å². The molecule has 8 heteroatoms. The Hall–Kier alpha value is -4.14. The second kappa shape index (κ2) is 13.2. The maximum absolute atomic E-state index is 13.8. The van der Waals surface area contributed by atoms with E-state index in [0.29, 0.717) is 38.0 Å². The van der Waals surface area contributed by atoms with Crippen LogP contribution in [0.1, 0.15) is 46.8 Å². The molecule has 0 bridgehead atoms. The Morgan fingerprint density at radius 2 is 1.86 bits per heavy atom. The van der Waals surface area contributed by atoms with E-state index < -0.39 is 12.1 Å². The molecule has 220 valence electrons. The van der Waals surface area contributed by atoms with Crippen LogP contribution in [0.4, 0.5) is 5.69 Å². The fourth-order valence-electron chi connectivity index (χ4n) is 5.82. The third-order valence-corrected chi connectivity index (χ3v) is 8.04. The lowest BCUT2D eigenvalue weighted by Crippen LogP contribution is -2.48. The molecule has 1 aromatic heterocycles. The predicted molar refractivity (Wildman–Crippen MR) is 166 cm³/mol. The van der Waals surface area contributed by atoms with Gasteiger partial charge in [0.2, 0.25) is 5.91 Å². The first-order chi connectivity index (χ1) is 20.4. The first kappa shape index (κ1) is 29.4. The van der Waals surface area contributed by atoms with E-state index in [1.54, 1.807) is 12.0 Å². The molecule has 42 heavy (non-hydrogen) atoms. The largest absolute Gasteiger partial charge is 0.497 e. The van der Waals surface area contributed by atoms with E-state index in [9.17, 15) is 14.7 Å². The van der Waals surface area contributed by atoms with Crippen molar-refractivity contribution in [1.29, 1.82) is 0 Å². The van der Waals surface area contributed by atoms with Gasteiger partial charge in [0.05, 0.1) is 30.5 Å². The third kappa shape index (κ3) is 6.50. The molecule has 4 aromatic rings. The monoisotopic (exact) mass is 568 g/mol. The highest BCUT2D eigenvalue weighted by Gasteiger charge is 2.28. The second-order valence-corrected chi connectivity index (χ2v) is 11.0. The lowest BCUT2D eigenvalue weighted by Gasteiger charge is -2.25. The summed E-state index contributed by atoms with van der Waals surface area (Å²) >= 11 is 0. The number of rotatable bonds is 12. The van der Waals surface area contributed by atoms with Crippen LogP contribution < -0.4 is 20.3 Å². The van der Waals surface area contributed by atoms with Crippen molar-refractivity contribution in [3.05, 3.63) is 95.2 Å². The van der Waals surface area contributed by atoms with E-state index in [2.05, 4.69) is 23.8 Å². The molecule has 0 unspecified atom stereocenters. The Balaban J connectivity index is 1.39. The fraction of sp³-hybridized carbons (Fsp3) is 0.353. The van der Waals surface area contributed by atoms with Crippen molar-refractivity contribution in [2.75, 3.05) is 25.1 Å². The molecule has 0 aliphatic carbocycles. The van der Waals surface area contributed by atoms with Gasteiger partial charge in [0, 0.05) is 50.2 Å². The van der Waals surface area contributed by atoms with Gasteiger partial charge in [-0.15, -0.1) is 0 Å². The Labute approximate surface area is 247 Å². The Morgan fingerprint density at radius 3 is 2.57 bits per heavy atom. The van der Waals surface area contributed by atoms with Crippen LogP contribution in [0, 0.1) is 0 Å². The van der Waals surface area contributed by atoms with Crippen molar-refractivity contribution < 1.29 is 19.4 Å². The molecule has 3 N–H and O–H groups in total. The Bertz CT molecular complexity index is 1550. The van der Waals surface area contributed by atoms with Gasteiger partial charge in [-0.05, 0) is 60.2 Å². The number of fused-ring (bicyclic) bond motifs is 1. The number of aliphatic hydroxyl groups is 1. The summed E-state index contributed by atoms with van der Waals surface area (Å²) in [5.41, 5.74) is 5.39. The quantitative estimate of drug-likeness (QED) is 0.236. The number of aliphatic hydroxyl groups excluding tert-OH is 1. The van der Waals surface area contributed by atoms with Gasteiger partial charge in [-0.2, -0.15) is 0 Å². The van der Waals surface area contributed by atoms with Crippen molar-refractivity contribution in [3.8, 4) is 5.75 Å². The molecular formula is C34H40N4O4. The Morgan fingerprint density at radius 1 is 1.07 bits per heavy atom. The lowest BCUT2D eigenvalue weighted by molar-refractivity contribution is -0.117. The summed E-state index contributed by atoms with van der Waals surface area (Å²) in [7, 11) is 3.62. The molecule has 5 rings (SSSR count). The van der Waals surface area contributed by atoms with Gasteiger partial charge >= 0.3 is 0 Å². The summed E-state index contributed by atoms with van der Waals surface area (Å²) in [5, 5.41) is 18.7. The number of ether oxygens (including phenoxy) is 1. The van der Waals surface area contributed by atoms with Crippen LogP contribution in [0.3, 0.4) is 0 Å². The molecule has 0 spiro atoms. The minimum Gasteiger partial charge on any atom is -0.497 e. The third-order valence-electron chi connectivity index (χ3n) is 8.04. The molecule has 8 nitrogen and oxygen atoms in total. The number of carbonyl (C=O) groups is 2. The topological polar surface area (TPSA) is 95.8 Å². The van der Waals surface area contributed by atoms with Crippen LogP contribution in [0.15, 0.2) is 72.9 Å². The number of carbonyl (C=O) groups excluding carboxylic acids is 2. The van der Waals surface area contributed by atoms with Crippen LogP contribution in [-0.4, -0.2) is 53.8 Å². The van der Waals surface area contributed by atoms with Gasteiger partial charge < -0.3 is 29.9 Å². The number of amides is 2. The number of nitrogens with one attached hydrogen (secondary N) is 2. The zero-order valence-corrected chi connectivity index (χ0v) is 24.6. The molecule has 3 aromatic carbocycles. The van der Waals surface area contributed by atoms with Crippen LogP contribution >= 0.6 is 0 Å². The molecule has 1 aliphatic rings. The van der Waals surface area contributed by atoms with E-state index in [-0.39, 0.29) is 11.8 Å². The highest BCUT2D eigenvalue weighted by atomic mass is 16.5. The summed E-state index contributed by atoms with van der Waals surface area (Å²) in [6, 6.07) is 20.8. The normalized spacial score (nSPS) is 14.8. The van der Waals surface area contributed by atoms with E-state index in [1.807, 2.05) is 78.3 Å². The number of hydrogen-bond donors (Lipinski definition) is 3. The SMILES string of the molecule is CCc1cn(C)c2c(N3CCCC3=O)cc(C(=O)N[C@@H](Cc3ccccc3)[C@H](O)CNCc3cccc(OC)c3)cc12. The smallest absolute Gasteiger partial charge is 0.251 e. The van der Waals surface area contributed by atoms with Crippen molar-refractivity contribution in [2.45, 2.75) is 51.3 Å². The van der Waals surface area contributed by atoms with Gasteiger partial charge in [0.15, 0.2) is 0 Å². The van der Waals surface area contributed by atoms with Crippen LogP contribution in [0.2, 0.25) is 0 Å². The molecule has 0 radical (unpaired) electrons. The van der Waals surface area contributed by atoms with Crippen molar-refractivity contribution >= 4 is 28.4 Å². The van der Waals surface area contributed by atoms with E-state index in [0.717, 1.165) is 51.9 Å². The molecular weight excluding hydrogens is 528 g/mol. The lowest BCUT2D eigenvalue weighted by atomic mass is 9.99. The highest BCUT2D eigenvalue weighted by molar-refractivity contribution is 6.08. The number of hydrogen-bond acceptors (Lipinski definition) is 5. The van der Waals surface area contributed by atoms with Gasteiger partial charge in [-0.1, -0.05) is 49.4 Å². The minimum absolute atomic E-state index is 0.0765. The van der Waals surface area contributed by atoms with Gasteiger partial charge in [-0.3, -0.25) is 9.59 Å². The summed E-state index contributed by atoms with van der Waals surface area (Å²) < 4.78 is 7.36. The van der Waals surface area contributed by atoms with Crippen LogP contribution in [-0.2, 0) is 31.2 Å². The Kier molecular flexibility index (Phi) is 9.25. The molecule has 2 heterocycles. The molecule has 1 saturated heterocycles. The van der Waals surface area contributed by atoms with E-state index >= 15 is 0 Å². The summed E-state index contributed by atoms with van der Waals surface area (Å²) in [5.74, 6) is 0.580.